The van der Waals surface area contributed by atoms with E-state index in [0.29, 0.717) is 36.5 Å². The number of carbonyl (C=O) groups excluding carboxylic acids is 2. The van der Waals surface area contributed by atoms with E-state index in [2.05, 4.69) is 5.32 Å². The van der Waals surface area contributed by atoms with E-state index in [-0.39, 0.29) is 18.2 Å². The minimum absolute atomic E-state index is 0.0673. The highest BCUT2D eigenvalue weighted by atomic mass is 32.1. The quantitative estimate of drug-likeness (QED) is 0.805. The molecule has 0 radical (unpaired) electrons. The molecule has 1 fully saturated rings. The molecule has 0 spiro atoms. The normalized spacial score (nSPS) is 17.2. The maximum absolute atomic E-state index is 12.1. The number of ketones is 1. The standard InChI is InChI=1S/C14H17NO5S/c1-9(16)10-6-11(21-7-10)12(17)15-8-14(13(18)19)2-4-20-5-3-14/h6-7H,2-5,8H2,1H3,(H,15,17)(H,18,19). The highest BCUT2D eigenvalue weighted by Crippen LogP contribution is 2.30. The SMILES string of the molecule is CC(=O)c1csc(C(=O)NCC2(C(=O)O)CCOCC2)c1. The van der Waals surface area contributed by atoms with Crippen molar-refractivity contribution in [2.45, 2.75) is 19.8 Å². The molecule has 0 atom stereocenters. The van der Waals surface area contributed by atoms with Crippen molar-refractivity contribution in [3.8, 4) is 0 Å². The van der Waals surface area contributed by atoms with Crippen molar-refractivity contribution in [2.75, 3.05) is 19.8 Å². The largest absolute Gasteiger partial charge is 0.481 e. The number of carbonyl (C=O) groups is 3. The van der Waals surface area contributed by atoms with E-state index >= 15 is 0 Å². The minimum Gasteiger partial charge on any atom is -0.481 e. The number of thiophene rings is 1. The summed E-state index contributed by atoms with van der Waals surface area (Å²) in [5, 5.41) is 13.7. The third kappa shape index (κ3) is 3.48. The molecule has 7 heteroatoms. The summed E-state index contributed by atoms with van der Waals surface area (Å²) < 4.78 is 5.18. The molecule has 0 aliphatic carbocycles. The lowest BCUT2D eigenvalue weighted by molar-refractivity contribution is -0.154. The molecule has 1 aliphatic rings. The molecule has 1 aromatic rings. The number of carboxylic acids is 1. The van der Waals surface area contributed by atoms with E-state index in [4.69, 9.17) is 4.74 Å². The number of aliphatic carboxylic acids is 1. The third-order valence-corrected chi connectivity index (χ3v) is 4.65. The number of Topliss-reactive ketones (excluding diaryl/α,β-unsaturated/α-hetero) is 1. The van der Waals surface area contributed by atoms with Gasteiger partial charge in [-0.15, -0.1) is 11.3 Å². The van der Waals surface area contributed by atoms with Gasteiger partial charge in [0.25, 0.3) is 5.91 Å². The zero-order valence-corrected chi connectivity index (χ0v) is 12.5. The number of rotatable bonds is 5. The molecule has 0 unspecified atom stereocenters. The van der Waals surface area contributed by atoms with Crippen molar-refractivity contribution in [3.63, 3.8) is 0 Å². The van der Waals surface area contributed by atoms with E-state index in [1.165, 1.54) is 24.3 Å². The van der Waals surface area contributed by atoms with Gasteiger partial charge in [-0.3, -0.25) is 14.4 Å². The second-order valence-electron chi connectivity index (χ2n) is 5.14. The summed E-state index contributed by atoms with van der Waals surface area (Å²) in [5.74, 6) is -1.36. The molecule has 1 aromatic heterocycles. The van der Waals surface area contributed by atoms with Crippen LogP contribution in [0.2, 0.25) is 0 Å². The predicted molar refractivity (Wildman–Crippen MR) is 76.8 cm³/mol. The van der Waals surface area contributed by atoms with E-state index < -0.39 is 11.4 Å². The monoisotopic (exact) mass is 311 g/mol. The molecular formula is C14H17NO5S. The van der Waals surface area contributed by atoms with Crippen LogP contribution in [0.3, 0.4) is 0 Å². The molecular weight excluding hydrogens is 294 g/mol. The fraction of sp³-hybridized carbons (Fsp3) is 0.500. The summed E-state index contributed by atoms with van der Waals surface area (Å²) in [6.07, 6.45) is 0.761. The van der Waals surface area contributed by atoms with Crippen LogP contribution in [0.4, 0.5) is 0 Å². The van der Waals surface area contributed by atoms with Gasteiger partial charge in [-0.1, -0.05) is 0 Å². The molecule has 1 amide bonds. The summed E-state index contributed by atoms with van der Waals surface area (Å²) >= 11 is 1.17. The smallest absolute Gasteiger partial charge is 0.311 e. The first-order valence-corrected chi connectivity index (χ1v) is 7.51. The Morgan fingerprint density at radius 1 is 1.38 bits per heavy atom. The summed E-state index contributed by atoms with van der Waals surface area (Å²) in [4.78, 5) is 35.1. The van der Waals surface area contributed by atoms with E-state index in [1.54, 1.807) is 5.38 Å². The number of nitrogens with one attached hydrogen (secondary N) is 1. The Kier molecular flexibility index (Phi) is 4.74. The van der Waals surface area contributed by atoms with Crippen LogP contribution < -0.4 is 5.32 Å². The Bertz CT molecular complexity index is 559. The predicted octanol–water partition coefficient (Wildman–Crippen LogP) is 1.56. The van der Waals surface area contributed by atoms with Gasteiger partial charge < -0.3 is 15.2 Å². The maximum atomic E-state index is 12.1. The van der Waals surface area contributed by atoms with Crippen LogP contribution in [0.5, 0.6) is 0 Å². The Morgan fingerprint density at radius 3 is 2.57 bits per heavy atom. The summed E-state index contributed by atoms with van der Waals surface area (Å²) in [5.41, 5.74) is -0.474. The third-order valence-electron chi connectivity index (χ3n) is 3.72. The zero-order valence-electron chi connectivity index (χ0n) is 11.7. The molecule has 0 saturated carbocycles. The fourth-order valence-corrected chi connectivity index (χ4v) is 3.07. The van der Waals surface area contributed by atoms with Gasteiger partial charge in [0.15, 0.2) is 5.78 Å². The average Bonchev–Trinajstić information content (AvgIpc) is 2.95. The second kappa shape index (κ2) is 6.36. The molecule has 0 bridgehead atoms. The fourth-order valence-electron chi connectivity index (χ4n) is 2.20. The van der Waals surface area contributed by atoms with Crippen molar-refractivity contribution in [2.24, 2.45) is 5.41 Å². The molecule has 2 rings (SSSR count). The number of amides is 1. The van der Waals surface area contributed by atoms with Gasteiger partial charge in [-0.25, -0.2) is 0 Å². The molecule has 0 aromatic carbocycles. The summed E-state index contributed by atoms with van der Waals surface area (Å²) in [7, 11) is 0. The summed E-state index contributed by atoms with van der Waals surface area (Å²) in [6.45, 7) is 2.27. The van der Waals surface area contributed by atoms with Crippen molar-refractivity contribution >= 4 is 29.0 Å². The van der Waals surface area contributed by atoms with E-state index in [9.17, 15) is 19.5 Å². The Hall–Kier alpha value is -1.73. The van der Waals surface area contributed by atoms with Crippen molar-refractivity contribution in [1.82, 2.24) is 5.32 Å². The van der Waals surface area contributed by atoms with Crippen molar-refractivity contribution in [1.29, 1.82) is 0 Å². The number of hydrogen-bond donors (Lipinski definition) is 2. The highest BCUT2D eigenvalue weighted by molar-refractivity contribution is 7.12. The van der Waals surface area contributed by atoms with Gasteiger partial charge in [-0.05, 0) is 25.8 Å². The van der Waals surface area contributed by atoms with Crippen LogP contribution in [0.1, 0.15) is 39.8 Å². The van der Waals surface area contributed by atoms with Gasteiger partial charge in [0.05, 0.1) is 10.3 Å². The Morgan fingerprint density at radius 2 is 2.05 bits per heavy atom. The van der Waals surface area contributed by atoms with Gasteiger partial charge in [0, 0.05) is 30.7 Å². The lowest BCUT2D eigenvalue weighted by Gasteiger charge is -2.33. The molecule has 2 heterocycles. The molecule has 1 saturated heterocycles. The Labute approximate surface area is 126 Å². The van der Waals surface area contributed by atoms with Gasteiger partial charge >= 0.3 is 5.97 Å². The molecule has 114 valence electrons. The van der Waals surface area contributed by atoms with Crippen LogP contribution in [0.25, 0.3) is 0 Å². The number of ether oxygens (including phenoxy) is 1. The van der Waals surface area contributed by atoms with Crippen molar-refractivity contribution in [3.05, 3.63) is 21.9 Å². The number of hydrogen-bond acceptors (Lipinski definition) is 5. The lowest BCUT2D eigenvalue weighted by Crippen LogP contribution is -2.46. The lowest BCUT2D eigenvalue weighted by atomic mass is 9.80. The molecule has 1 aliphatic heterocycles. The maximum Gasteiger partial charge on any atom is 0.311 e. The first-order valence-electron chi connectivity index (χ1n) is 6.63. The van der Waals surface area contributed by atoms with Gasteiger partial charge in [0.1, 0.15) is 0 Å². The van der Waals surface area contributed by atoms with Crippen LogP contribution in [-0.2, 0) is 9.53 Å². The topological polar surface area (TPSA) is 92.7 Å². The highest BCUT2D eigenvalue weighted by Gasteiger charge is 2.40. The van der Waals surface area contributed by atoms with Crippen LogP contribution in [-0.4, -0.2) is 42.5 Å². The molecule has 6 nitrogen and oxygen atoms in total. The van der Waals surface area contributed by atoms with Crippen LogP contribution in [0, 0.1) is 5.41 Å². The first kappa shape index (κ1) is 15.7. The minimum atomic E-state index is -0.964. The van der Waals surface area contributed by atoms with Crippen LogP contribution in [0.15, 0.2) is 11.4 Å². The first-order chi connectivity index (χ1) is 9.94. The van der Waals surface area contributed by atoms with E-state index in [0.717, 1.165) is 0 Å². The number of carboxylic acid groups (broad SMARTS) is 1. The molecule has 21 heavy (non-hydrogen) atoms. The van der Waals surface area contributed by atoms with Gasteiger partial charge in [-0.2, -0.15) is 0 Å². The van der Waals surface area contributed by atoms with E-state index in [1.807, 2.05) is 0 Å². The summed E-state index contributed by atoms with van der Waals surface area (Å²) in [6, 6.07) is 1.53. The Balaban J connectivity index is 2.01. The molecule has 2 N–H and O–H groups in total. The van der Waals surface area contributed by atoms with Gasteiger partial charge in [0.2, 0.25) is 0 Å². The van der Waals surface area contributed by atoms with Crippen molar-refractivity contribution < 1.29 is 24.2 Å². The second-order valence-corrected chi connectivity index (χ2v) is 6.05. The van der Waals surface area contributed by atoms with Crippen LogP contribution >= 0.6 is 11.3 Å². The zero-order chi connectivity index (χ0) is 15.5. The average molecular weight is 311 g/mol.